The Hall–Kier alpha value is -1.13. The molecule has 2 aromatic heterocycles. The van der Waals surface area contributed by atoms with Gasteiger partial charge in [0.05, 0.1) is 4.70 Å². The molecule has 0 unspecified atom stereocenters. The average Bonchev–Trinajstić information content (AvgIpc) is 2.50. The Kier molecular flexibility index (Phi) is 1.48. The van der Waals surface area contributed by atoms with Gasteiger partial charge in [-0.15, -0.1) is 11.3 Å². The molecule has 2 rings (SSSR count). The van der Waals surface area contributed by atoms with Gasteiger partial charge >= 0.3 is 0 Å². The molecule has 0 spiro atoms. The van der Waals surface area contributed by atoms with Crippen LogP contribution >= 0.6 is 11.3 Å². The normalized spacial score (nSPS) is 10.3. The molecule has 2 heterocycles. The minimum absolute atomic E-state index is 0.748. The molecule has 0 saturated heterocycles. The summed E-state index contributed by atoms with van der Waals surface area (Å²) in [6, 6.07) is 4.01. The zero-order valence-corrected chi connectivity index (χ0v) is 6.56. The zero-order valence-electron chi connectivity index (χ0n) is 5.74. The smallest absolute Gasteiger partial charge is 0.157 e. The summed E-state index contributed by atoms with van der Waals surface area (Å²) < 4.78 is 1.11. The third kappa shape index (κ3) is 0.961. The van der Waals surface area contributed by atoms with Gasteiger partial charge in [-0.05, 0) is 22.9 Å². The molecule has 11 heavy (non-hydrogen) atoms. The lowest BCUT2D eigenvalue weighted by molar-refractivity contribution is 1.26. The van der Waals surface area contributed by atoms with Crippen molar-refractivity contribution in [2.75, 3.05) is 5.43 Å². The SMILES string of the molecule is NNc1nccc2ccsc12. The lowest BCUT2D eigenvalue weighted by Crippen LogP contribution is -2.07. The van der Waals surface area contributed by atoms with Crippen LogP contribution in [0.1, 0.15) is 0 Å². The molecule has 0 atom stereocenters. The quantitative estimate of drug-likeness (QED) is 0.498. The third-order valence-electron chi connectivity index (χ3n) is 1.51. The number of hydrogen-bond acceptors (Lipinski definition) is 4. The maximum Gasteiger partial charge on any atom is 0.157 e. The van der Waals surface area contributed by atoms with Gasteiger partial charge in [-0.3, -0.25) is 0 Å². The number of fused-ring (bicyclic) bond motifs is 1. The highest BCUT2D eigenvalue weighted by molar-refractivity contribution is 7.17. The van der Waals surface area contributed by atoms with Gasteiger partial charge in [0.1, 0.15) is 0 Å². The summed E-state index contributed by atoms with van der Waals surface area (Å²) in [7, 11) is 0. The van der Waals surface area contributed by atoms with Gasteiger partial charge in [-0.2, -0.15) is 0 Å². The zero-order chi connectivity index (χ0) is 7.68. The maximum atomic E-state index is 5.27. The Morgan fingerprint density at radius 1 is 1.45 bits per heavy atom. The summed E-state index contributed by atoms with van der Waals surface area (Å²) in [5.41, 5.74) is 2.56. The number of aromatic nitrogens is 1. The summed E-state index contributed by atoms with van der Waals surface area (Å²) in [6.07, 6.45) is 1.74. The molecule has 0 aliphatic carbocycles. The lowest BCUT2D eigenvalue weighted by Gasteiger charge is -1.97. The first-order valence-corrected chi connectivity index (χ1v) is 4.08. The van der Waals surface area contributed by atoms with Gasteiger partial charge in [0.2, 0.25) is 0 Å². The fourth-order valence-electron chi connectivity index (χ4n) is 0.996. The highest BCUT2D eigenvalue weighted by Gasteiger charge is 1.99. The summed E-state index contributed by atoms with van der Waals surface area (Å²) in [4.78, 5) is 4.07. The van der Waals surface area contributed by atoms with Crippen LogP contribution in [0.3, 0.4) is 0 Å². The Balaban J connectivity index is 2.79. The van der Waals surface area contributed by atoms with Crippen LogP contribution in [0.2, 0.25) is 0 Å². The Morgan fingerprint density at radius 2 is 2.36 bits per heavy atom. The predicted molar refractivity (Wildman–Crippen MR) is 47.4 cm³/mol. The number of thiophene rings is 1. The number of nitrogens with one attached hydrogen (secondary N) is 1. The molecule has 0 aromatic carbocycles. The minimum atomic E-state index is 0.748. The summed E-state index contributed by atoms with van der Waals surface area (Å²) in [6.45, 7) is 0. The van der Waals surface area contributed by atoms with Crippen molar-refractivity contribution < 1.29 is 0 Å². The largest absolute Gasteiger partial charge is 0.307 e. The van der Waals surface area contributed by atoms with E-state index in [1.165, 1.54) is 5.39 Å². The predicted octanol–water partition coefficient (Wildman–Crippen LogP) is 1.58. The molecule has 56 valence electrons. The minimum Gasteiger partial charge on any atom is -0.307 e. The van der Waals surface area contributed by atoms with E-state index in [1.807, 2.05) is 17.5 Å². The topological polar surface area (TPSA) is 50.9 Å². The first-order valence-electron chi connectivity index (χ1n) is 3.20. The second-order valence-corrected chi connectivity index (χ2v) is 3.06. The Morgan fingerprint density at radius 3 is 3.18 bits per heavy atom. The fourth-order valence-corrected chi connectivity index (χ4v) is 1.84. The number of anilines is 1. The van der Waals surface area contributed by atoms with Crippen LogP contribution < -0.4 is 11.3 Å². The van der Waals surface area contributed by atoms with Crippen LogP contribution in [-0.4, -0.2) is 4.98 Å². The van der Waals surface area contributed by atoms with Crippen molar-refractivity contribution in [2.45, 2.75) is 0 Å². The van der Waals surface area contributed by atoms with E-state index >= 15 is 0 Å². The van der Waals surface area contributed by atoms with Crippen molar-refractivity contribution in [3.8, 4) is 0 Å². The van der Waals surface area contributed by atoms with E-state index in [2.05, 4.69) is 10.4 Å². The molecule has 3 N–H and O–H groups in total. The van der Waals surface area contributed by atoms with E-state index in [4.69, 9.17) is 5.84 Å². The number of nitrogens with zero attached hydrogens (tertiary/aromatic N) is 1. The summed E-state index contributed by atoms with van der Waals surface area (Å²) in [5.74, 6) is 6.02. The van der Waals surface area contributed by atoms with E-state index in [9.17, 15) is 0 Å². The second kappa shape index (κ2) is 2.48. The van der Waals surface area contributed by atoms with Gasteiger partial charge in [0.25, 0.3) is 0 Å². The van der Waals surface area contributed by atoms with E-state index in [-0.39, 0.29) is 0 Å². The van der Waals surface area contributed by atoms with Gasteiger partial charge in [0.15, 0.2) is 5.82 Å². The van der Waals surface area contributed by atoms with Crippen LogP contribution in [0.25, 0.3) is 10.1 Å². The van der Waals surface area contributed by atoms with E-state index in [1.54, 1.807) is 17.5 Å². The monoisotopic (exact) mass is 165 g/mol. The molecule has 4 heteroatoms. The molecule has 0 amide bonds. The van der Waals surface area contributed by atoms with Gasteiger partial charge < -0.3 is 5.43 Å². The van der Waals surface area contributed by atoms with Crippen molar-refractivity contribution in [2.24, 2.45) is 5.84 Å². The highest BCUT2D eigenvalue weighted by atomic mass is 32.1. The Labute approximate surface area is 67.8 Å². The van der Waals surface area contributed by atoms with Crippen molar-refractivity contribution in [1.82, 2.24) is 4.98 Å². The molecule has 0 aliphatic heterocycles. The van der Waals surface area contributed by atoms with Gasteiger partial charge in [0, 0.05) is 6.20 Å². The summed E-state index contributed by atoms with van der Waals surface area (Å²) in [5, 5.41) is 3.20. The van der Waals surface area contributed by atoms with Crippen LogP contribution in [-0.2, 0) is 0 Å². The van der Waals surface area contributed by atoms with Crippen molar-refractivity contribution in [3.63, 3.8) is 0 Å². The molecule has 0 aliphatic rings. The Bertz CT molecular complexity index is 368. The fraction of sp³-hybridized carbons (Fsp3) is 0. The van der Waals surface area contributed by atoms with Crippen LogP contribution in [0.15, 0.2) is 23.7 Å². The number of hydrazine groups is 1. The van der Waals surface area contributed by atoms with Gasteiger partial charge in [-0.25, -0.2) is 10.8 Å². The standard InChI is InChI=1S/C7H7N3S/c8-10-7-6-5(1-3-9-7)2-4-11-6/h1-4H,8H2,(H,9,10). The van der Waals surface area contributed by atoms with E-state index < -0.39 is 0 Å². The van der Waals surface area contributed by atoms with Crippen molar-refractivity contribution >= 4 is 27.2 Å². The molecule has 0 fully saturated rings. The first kappa shape index (κ1) is 6.57. The molecule has 0 bridgehead atoms. The first-order chi connectivity index (χ1) is 5.42. The molecule has 3 nitrogen and oxygen atoms in total. The number of hydrogen-bond donors (Lipinski definition) is 2. The molecule has 0 radical (unpaired) electrons. The molecular formula is C7H7N3S. The van der Waals surface area contributed by atoms with Crippen LogP contribution in [0.4, 0.5) is 5.82 Å². The summed E-state index contributed by atoms with van der Waals surface area (Å²) >= 11 is 1.63. The van der Waals surface area contributed by atoms with Gasteiger partial charge in [-0.1, -0.05) is 0 Å². The van der Waals surface area contributed by atoms with Crippen LogP contribution in [0.5, 0.6) is 0 Å². The highest BCUT2D eigenvalue weighted by Crippen LogP contribution is 2.25. The molecule has 2 aromatic rings. The van der Waals surface area contributed by atoms with Crippen molar-refractivity contribution in [3.05, 3.63) is 23.7 Å². The second-order valence-electron chi connectivity index (χ2n) is 2.14. The van der Waals surface area contributed by atoms with Crippen LogP contribution in [0, 0.1) is 0 Å². The van der Waals surface area contributed by atoms with E-state index in [0.717, 1.165) is 10.5 Å². The number of pyridine rings is 1. The van der Waals surface area contributed by atoms with E-state index in [0.29, 0.717) is 0 Å². The number of rotatable bonds is 1. The maximum absolute atomic E-state index is 5.27. The number of nitrogens with two attached hydrogens (primary N) is 1. The van der Waals surface area contributed by atoms with Crippen molar-refractivity contribution in [1.29, 1.82) is 0 Å². The number of nitrogen functional groups attached to an aromatic ring is 1. The lowest BCUT2D eigenvalue weighted by atomic mass is 10.3. The average molecular weight is 165 g/mol. The third-order valence-corrected chi connectivity index (χ3v) is 2.44. The molecular weight excluding hydrogens is 158 g/mol. The molecule has 0 saturated carbocycles.